The van der Waals surface area contributed by atoms with Crippen LogP contribution in [0.2, 0.25) is 0 Å². The summed E-state index contributed by atoms with van der Waals surface area (Å²) in [5, 5.41) is 2.87. The van der Waals surface area contributed by atoms with Gasteiger partial charge in [-0.2, -0.15) is 0 Å². The predicted octanol–water partition coefficient (Wildman–Crippen LogP) is 3.93. The molecule has 2 aromatic carbocycles. The molecule has 5 aromatic rings. The maximum absolute atomic E-state index is 14.0. The molecule has 35 heavy (non-hydrogen) atoms. The number of aromatic nitrogens is 3. The minimum atomic E-state index is -0.810. The summed E-state index contributed by atoms with van der Waals surface area (Å²) in [5.74, 6) is -2.27. The van der Waals surface area contributed by atoms with E-state index in [0.29, 0.717) is 22.2 Å². The fourth-order valence-corrected chi connectivity index (χ4v) is 5.04. The number of hydrogen-bond donors (Lipinski definition) is 1. The van der Waals surface area contributed by atoms with Crippen LogP contribution >= 0.6 is 11.3 Å². The highest BCUT2D eigenvalue weighted by atomic mass is 32.1. The van der Waals surface area contributed by atoms with Gasteiger partial charge in [-0.25, -0.2) is 18.6 Å². The van der Waals surface area contributed by atoms with Gasteiger partial charge in [0.1, 0.15) is 27.7 Å². The van der Waals surface area contributed by atoms with E-state index in [9.17, 15) is 23.2 Å². The van der Waals surface area contributed by atoms with Crippen LogP contribution in [0.1, 0.15) is 5.56 Å². The number of anilines is 1. The number of nitrogens with zero attached hydrogens (tertiary/aromatic N) is 3. The first-order valence-corrected chi connectivity index (χ1v) is 11.5. The molecule has 0 saturated carbocycles. The smallest absolute Gasteiger partial charge is 0.322 e. The summed E-state index contributed by atoms with van der Waals surface area (Å²) in [5.41, 5.74) is -0.233. The number of amides is 1. The Kier molecular flexibility index (Phi) is 5.96. The van der Waals surface area contributed by atoms with Crippen molar-refractivity contribution in [2.75, 3.05) is 5.32 Å². The second-order valence-corrected chi connectivity index (χ2v) is 8.87. The zero-order valence-electron chi connectivity index (χ0n) is 18.2. The summed E-state index contributed by atoms with van der Waals surface area (Å²) in [7, 11) is 0. The lowest BCUT2D eigenvalue weighted by Crippen LogP contribution is -2.41. The van der Waals surface area contributed by atoms with E-state index in [-0.39, 0.29) is 16.9 Å². The zero-order valence-corrected chi connectivity index (χ0v) is 19.0. The standard InChI is InChI=1S/C25H18F2N4O3S/c26-16-8-9-18(27)19(13-16)29-20(32)14-31-21-17-7-4-11-28-23(17)35-22(21)24(33)30(25(31)34)12-10-15-5-2-1-3-6-15/h1-9,11,13H,10,12,14H2,(H,29,32). The molecular formula is C25H18F2N4O3S. The monoisotopic (exact) mass is 492 g/mol. The number of halogens is 2. The molecule has 0 fully saturated rings. The number of thiophene rings is 1. The van der Waals surface area contributed by atoms with Crippen LogP contribution in [-0.2, 0) is 24.3 Å². The molecule has 176 valence electrons. The molecular weight excluding hydrogens is 474 g/mol. The van der Waals surface area contributed by atoms with Gasteiger partial charge >= 0.3 is 5.69 Å². The molecule has 0 saturated heterocycles. The van der Waals surface area contributed by atoms with Crippen molar-refractivity contribution in [2.24, 2.45) is 0 Å². The van der Waals surface area contributed by atoms with Gasteiger partial charge in [0.25, 0.3) is 5.56 Å². The molecule has 0 aliphatic heterocycles. The average Bonchev–Trinajstić information content (AvgIpc) is 3.24. The van der Waals surface area contributed by atoms with Crippen molar-refractivity contribution in [1.82, 2.24) is 14.1 Å². The van der Waals surface area contributed by atoms with E-state index >= 15 is 0 Å². The van der Waals surface area contributed by atoms with Crippen LogP contribution in [0.5, 0.6) is 0 Å². The van der Waals surface area contributed by atoms with E-state index in [1.54, 1.807) is 18.3 Å². The Morgan fingerprint density at radius 2 is 1.80 bits per heavy atom. The summed E-state index contributed by atoms with van der Waals surface area (Å²) >= 11 is 1.14. The second-order valence-electron chi connectivity index (χ2n) is 7.87. The van der Waals surface area contributed by atoms with Gasteiger partial charge in [0.2, 0.25) is 5.91 Å². The number of pyridine rings is 1. The molecule has 3 heterocycles. The molecule has 0 unspecified atom stereocenters. The normalized spacial score (nSPS) is 11.3. The Balaban J connectivity index is 1.60. The van der Waals surface area contributed by atoms with Gasteiger partial charge in [0.15, 0.2) is 0 Å². The molecule has 0 spiro atoms. The minimum absolute atomic E-state index is 0.111. The van der Waals surface area contributed by atoms with Crippen LogP contribution in [0.3, 0.4) is 0 Å². The number of aryl methyl sites for hydroxylation is 1. The second kappa shape index (κ2) is 9.22. The van der Waals surface area contributed by atoms with Crippen LogP contribution < -0.4 is 16.6 Å². The molecule has 0 bridgehead atoms. The number of benzene rings is 2. The van der Waals surface area contributed by atoms with E-state index in [1.807, 2.05) is 30.3 Å². The first-order chi connectivity index (χ1) is 16.9. The highest BCUT2D eigenvalue weighted by Crippen LogP contribution is 2.29. The number of fused-ring (bicyclic) bond motifs is 3. The Labute approximate surface area is 200 Å². The summed E-state index contributed by atoms with van der Waals surface area (Å²) in [6, 6.07) is 15.5. The van der Waals surface area contributed by atoms with E-state index in [4.69, 9.17) is 0 Å². The highest BCUT2D eigenvalue weighted by molar-refractivity contribution is 7.25. The molecule has 10 heteroatoms. The molecule has 0 aliphatic rings. The molecule has 0 atom stereocenters. The van der Waals surface area contributed by atoms with Gasteiger partial charge in [-0.3, -0.25) is 18.7 Å². The van der Waals surface area contributed by atoms with E-state index in [1.165, 1.54) is 4.57 Å². The van der Waals surface area contributed by atoms with Crippen LogP contribution in [0.15, 0.2) is 76.4 Å². The van der Waals surface area contributed by atoms with Crippen molar-refractivity contribution >= 4 is 43.4 Å². The van der Waals surface area contributed by atoms with Gasteiger partial charge in [-0.15, -0.1) is 11.3 Å². The van der Waals surface area contributed by atoms with Crippen molar-refractivity contribution < 1.29 is 13.6 Å². The summed E-state index contributed by atoms with van der Waals surface area (Å²) in [4.78, 5) is 44.4. The Hall–Kier alpha value is -4.18. The largest absolute Gasteiger partial charge is 0.332 e. The van der Waals surface area contributed by atoms with Crippen molar-refractivity contribution in [2.45, 2.75) is 19.5 Å². The number of carbonyl (C=O) groups excluding carboxylic acids is 1. The third-order valence-electron chi connectivity index (χ3n) is 5.58. The van der Waals surface area contributed by atoms with E-state index < -0.39 is 35.3 Å². The lowest BCUT2D eigenvalue weighted by atomic mass is 10.1. The van der Waals surface area contributed by atoms with E-state index in [0.717, 1.165) is 39.7 Å². The van der Waals surface area contributed by atoms with Crippen LogP contribution in [0.4, 0.5) is 14.5 Å². The fourth-order valence-electron chi connectivity index (χ4n) is 3.94. The maximum atomic E-state index is 14.0. The number of rotatable bonds is 6. The van der Waals surface area contributed by atoms with Crippen molar-refractivity contribution in [3.05, 3.63) is 105 Å². The van der Waals surface area contributed by atoms with Crippen molar-refractivity contribution in [3.63, 3.8) is 0 Å². The summed E-state index contributed by atoms with van der Waals surface area (Å²) in [6.07, 6.45) is 2.01. The average molecular weight is 493 g/mol. The molecule has 0 radical (unpaired) electrons. The summed E-state index contributed by atoms with van der Waals surface area (Å²) < 4.78 is 30.1. The SMILES string of the molecule is O=C(Cn1c(=O)n(CCc2ccccc2)c(=O)c2sc3ncccc3c21)Nc1cc(F)ccc1F. The van der Waals surface area contributed by atoms with Gasteiger partial charge in [-0.05, 0) is 36.2 Å². The molecule has 1 N–H and O–H groups in total. The van der Waals surface area contributed by atoms with Crippen LogP contribution in [0, 0.1) is 11.6 Å². The van der Waals surface area contributed by atoms with Crippen molar-refractivity contribution in [3.8, 4) is 0 Å². The molecule has 0 aliphatic carbocycles. The summed E-state index contributed by atoms with van der Waals surface area (Å²) in [6.45, 7) is -0.392. The van der Waals surface area contributed by atoms with Crippen LogP contribution in [0.25, 0.3) is 20.4 Å². The van der Waals surface area contributed by atoms with E-state index in [2.05, 4.69) is 10.3 Å². The lowest BCUT2D eigenvalue weighted by Gasteiger charge is -2.13. The zero-order chi connectivity index (χ0) is 24.5. The number of hydrogen-bond acceptors (Lipinski definition) is 5. The quantitative estimate of drug-likeness (QED) is 0.389. The first-order valence-electron chi connectivity index (χ1n) is 10.7. The van der Waals surface area contributed by atoms with Gasteiger partial charge in [0.05, 0.1) is 11.2 Å². The number of nitrogens with one attached hydrogen (secondary N) is 1. The first kappa shape index (κ1) is 22.6. The third kappa shape index (κ3) is 4.35. The number of carbonyl (C=O) groups is 1. The van der Waals surface area contributed by atoms with Gasteiger partial charge in [0, 0.05) is 24.2 Å². The molecule has 3 aromatic heterocycles. The predicted molar refractivity (Wildman–Crippen MR) is 131 cm³/mol. The van der Waals surface area contributed by atoms with Gasteiger partial charge < -0.3 is 5.32 Å². The lowest BCUT2D eigenvalue weighted by molar-refractivity contribution is -0.116. The Bertz CT molecular complexity index is 1690. The van der Waals surface area contributed by atoms with Crippen molar-refractivity contribution in [1.29, 1.82) is 0 Å². The fraction of sp³-hybridized carbons (Fsp3) is 0.120. The Morgan fingerprint density at radius 3 is 2.60 bits per heavy atom. The maximum Gasteiger partial charge on any atom is 0.332 e. The molecule has 1 amide bonds. The molecule has 5 rings (SSSR count). The van der Waals surface area contributed by atoms with Crippen LogP contribution in [-0.4, -0.2) is 20.0 Å². The topological polar surface area (TPSA) is 86.0 Å². The highest BCUT2D eigenvalue weighted by Gasteiger charge is 2.21. The molecule has 7 nitrogen and oxygen atoms in total. The van der Waals surface area contributed by atoms with Gasteiger partial charge in [-0.1, -0.05) is 30.3 Å². The third-order valence-corrected chi connectivity index (χ3v) is 6.67. The minimum Gasteiger partial charge on any atom is -0.322 e. The Morgan fingerprint density at radius 1 is 1.00 bits per heavy atom.